The molecule has 28 heavy (non-hydrogen) atoms. The van der Waals surface area contributed by atoms with E-state index in [0.717, 1.165) is 38.4 Å². The van der Waals surface area contributed by atoms with Crippen LogP contribution in [-0.4, -0.2) is 54.3 Å². The Labute approximate surface area is 170 Å². The zero-order valence-corrected chi connectivity index (χ0v) is 17.4. The first-order valence-corrected chi connectivity index (χ1v) is 10.9. The second-order valence-corrected chi connectivity index (χ2v) is 8.69. The Morgan fingerprint density at radius 2 is 1.89 bits per heavy atom. The average Bonchev–Trinajstić information content (AvgIpc) is 3.34. The first-order valence-electron chi connectivity index (χ1n) is 9.91. The summed E-state index contributed by atoms with van der Waals surface area (Å²) in [5.74, 6) is -0.0369. The van der Waals surface area contributed by atoms with Crippen molar-refractivity contribution in [1.82, 2.24) is 9.80 Å². The van der Waals surface area contributed by atoms with Crippen LogP contribution in [0.25, 0.3) is 0 Å². The van der Waals surface area contributed by atoms with E-state index >= 15 is 0 Å². The lowest BCUT2D eigenvalue weighted by Gasteiger charge is -2.35. The van der Waals surface area contributed by atoms with Crippen molar-refractivity contribution in [3.8, 4) is 0 Å². The summed E-state index contributed by atoms with van der Waals surface area (Å²) in [6.07, 6.45) is 0.320. The van der Waals surface area contributed by atoms with Gasteiger partial charge in [0.2, 0.25) is 11.8 Å². The second kappa shape index (κ2) is 8.05. The summed E-state index contributed by atoms with van der Waals surface area (Å²) in [5.41, 5.74) is 4.63. The fraction of sp³-hybridized carbons (Fsp3) is 0.455. The lowest BCUT2D eigenvalue weighted by molar-refractivity contribution is -0.137. The highest BCUT2D eigenvalue weighted by Gasteiger charge is 2.38. The van der Waals surface area contributed by atoms with Gasteiger partial charge in [0, 0.05) is 51.4 Å². The quantitative estimate of drug-likeness (QED) is 0.796. The first-order chi connectivity index (χ1) is 13.5. The van der Waals surface area contributed by atoms with E-state index in [2.05, 4.69) is 35.6 Å². The molecule has 0 aliphatic carbocycles. The number of thiophene rings is 1. The lowest BCUT2D eigenvalue weighted by atomic mass is 10.1. The smallest absolute Gasteiger partial charge is 0.228 e. The minimum absolute atomic E-state index is 0.0534. The van der Waals surface area contributed by atoms with Crippen LogP contribution in [0.1, 0.15) is 23.1 Å². The molecular formula is C22H27N3O2S. The molecule has 2 saturated heterocycles. The molecule has 6 heteroatoms. The molecule has 2 amide bonds. The van der Waals surface area contributed by atoms with Crippen LogP contribution < -0.4 is 4.90 Å². The third-order valence-electron chi connectivity index (χ3n) is 5.95. The van der Waals surface area contributed by atoms with Crippen molar-refractivity contribution in [3.63, 3.8) is 0 Å². The minimum atomic E-state index is -0.225. The number of carbonyl (C=O) groups excluding carboxylic acids is 2. The van der Waals surface area contributed by atoms with Gasteiger partial charge in [-0.2, -0.15) is 11.3 Å². The van der Waals surface area contributed by atoms with Crippen LogP contribution in [0.4, 0.5) is 5.69 Å². The molecule has 2 fully saturated rings. The van der Waals surface area contributed by atoms with Crippen LogP contribution in [-0.2, 0) is 16.1 Å². The third-order valence-corrected chi connectivity index (χ3v) is 6.68. The number of benzene rings is 1. The maximum absolute atomic E-state index is 13.0. The maximum atomic E-state index is 13.0. The van der Waals surface area contributed by atoms with Crippen molar-refractivity contribution >= 4 is 28.8 Å². The number of amides is 2. The number of rotatable bonds is 4. The largest absolute Gasteiger partial charge is 0.340 e. The third kappa shape index (κ3) is 3.98. The molecule has 1 atom stereocenters. The van der Waals surface area contributed by atoms with E-state index in [-0.39, 0.29) is 17.7 Å². The molecule has 5 nitrogen and oxygen atoms in total. The van der Waals surface area contributed by atoms with Gasteiger partial charge in [-0.25, -0.2) is 0 Å². The Morgan fingerprint density at radius 3 is 2.57 bits per heavy atom. The van der Waals surface area contributed by atoms with E-state index in [9.17, 15) is 9.59 Å². The van der Waals surface area contributed by atoms with Gasteiger partial charge in [-0.1, -0.05) is 6.07 Å². The van der Waals surface area contributed by atoms with E-state index < -0.39 is 0 Å². The Morgan fingerprint density at radius 1 is 1.11 bits per heavy atom. The van der Waals surface area contributed by atoms with Crippen LogP contribution >= 0.6 is 11.3 Å². The van der Waals surface area contributed by atoms with Gasteiger partial charge in [0.25, 0.3) is 0 Å². The van der Waals surface area contributed by atoms with E-state index in [1.165, 1.54) is 16.7 Å². The van der Waals surface area contributed by atoms with Gasteiger partial charge < -0.3 is 9.80 Å². The molecule has 0 radical (unpaired) electrons. The van der Waals surface area contributed by atoms with Crippen LogP contribution in [0, 0.1) is 19.8 Å². The van der Waals surface area contributed by atoms with Gasteiger partial charge in [0.05, 0.1) is 5.92 Å². The van der Waals surface area contributed by atoms with Crippen molar-refractivity contribution in [2.45, 2.75) is 26.8 Å². The molecule has 0 N–H and O–H groups in total. The normalized spacial score (nSPS) is 20.8. The van der Waals surface area contributed by atoms with E-state index in [4.69, 9.17) is 0 Å². The predicted molar refractivity (Wildman–Crippen MR) is 113 cm³/mol. The molecule has 1 aromatic carbocycles. The van der Waals surface area contributed by atoms with Gasteiger partial charge >= 0.3 is 0 Å². The fourth-order valence-electron chi connectivity index (χ4n) is 4.04. The Kier molecular flexibility index (Phi) is 5.51. The molecule has 1 aromatic heterocycles. The number of anilines is 1. The highest BCUT2D eigenvalue weighted by atomic mass is 32.1. The SMILES string of the molecule is Cc1ccc(N2CC(C(=O)N3CCN(Cc4ccsc4)CC3)CC2=O)cc1C. The average molecular weight is 398 g/mol. The van der Waals surface area contributed by atoms with Gasteiger partial charge in [-0.05, 0) is 59.5 Å². The van der Waals surface area contributed by atoms with Crippen LogP contribution in [0.5, 0.6) is 0 Å². The zero-order valence-electron chi connectivity index (χ0n) is 16.6. The highest BCUT2D eigenvalue weighted by Crippen LogP contribution is 2.28. The topological polar surface area (TPSA) is 43.9 Å². The number of hydrogen-bond donors (Lipinski definition) is 0. The highest BCUT2D eigenvalue weighted by molar-refractivity contribution is 7.07. The van der Waals surface area contributed by atoms with Gasteiger partial charge in [0.15, 0.2) is 0 Å². The summed E-state index contributed by atoms with van der Waals surface area (Å²) < 4.78 is 0. The van der Waals surface area contributed by atoms with Crippen LogP contribution in [0.15, 0.2) is 35.0 Å². The van der Waals surface area contributed by atoms with Gasteiger partial charge in [-0.15, -0.1) is 0 Å². The minimum Gasteiger partial charge on any atom is -0.340 e. The number of nitrogens with zero attached hydrogens (tertiary/aromatic N) is 3. The van der Waals surface area contributed by atoms with Crippen molar-refractivity contribution in [1.29, 1.82) is 0 Å². The maximum Gasteiger partial charge on any atom is 0.228 e. The fourth-order valence-corrected chi connectivity index (χ4v) is 4.70. The summed E-state index contributed by atoms with van der Waals surface area (Å²) in [4.78, 5) is 31.7. The van der Waals surface area contributed by atoms with Crippen molar-refractivity contribution in [2.75, 3.05) is 37.6 Å². The molecule has 2 aliphatic heterocycles. The first kappa shape index (κ1) is 19.2. The second-order valence-electron chi connectivity index (χ2n) is 7.91. The molecule has 0 bridgehead atoms. The summed E-state index contributed by atoms with van der Waals surface area (Å²) in [6, 6.07) is 8.23. The molecule has 3 heterocycles. The molecule has 0 saturated carbocycles. The molecule has 1 unspecified atom stereocenters. The van der Waals surface area contributed by atoms with Crippen molar-refractivity contribution < 1.29 is 9.59 Å². The summed E-state index contributed by atoms with van der Waals surface area (Å²) in [5, 5.41) is 4.29. The van der Waals surface area contributed by atoms with E-state index in [1.807, 2.05) is 23.1 Å². The van der Waals surface area contributed by atoms with Gasteiger partial charge in [-0.3, -0.25) is 14.5 Å². The summed E-state index contributed by atoms with van der Waals surface area (Å²) >= 11 is 1.72. The summed E-state index contributed by atoms with van der Waals surface area (Å²) in [7, 11) is 0. The molecule has 0 spiro atoms. The Hall–Kier alpha value is -2.18. The summed E-state index contributed by atoms with van der Waals surface area (Å²) in [6.45, 7) is 8.84. The van der Waals surface area contributed by atoms with E-state index in [0.29, 0.717) is 13.0 Å². The van der Waals surface area contributed by atoms with Crippen molar-refractivity contribution in [3.05, 3.63) is 51.7 Å². The number of carbonyl (C=O) groups is 2. The number of hydrogen-bond acceptors (Lipinski definition) is 4. The molecule has 2 aliphatic rings. The van der Waals surface area contributed by atoms with Crippen LogP contribution in [0.3, 0.4) is 0 Å². The van der Waals surface area contributed by atoms with Crippen LogP contribution in [0.2, 0.25) is 0 Å². The molecule has 148 valence electrons. The van der Waals surface area contributed by atoms with Gasteiger partial charge in [0.1, 0.15) is 0 Å². The monoisotopic (exact) mass is 397 g/mol. The zero-order chi connectivity index (χ0) is 19.7. The molecule has 4 rings (SSSR count). The Bertz CT molecular complexity index is 857. The Balaban J connectivity index is 1.34. The van der Waals surface area contributed by atoms with Crippen molar-refractivity contribution in [2.24, 2.45) is 5.92 Å². The molecular weight excluding hydrogens is 370 g/mol. The number of aryl methyl sites for hydroxylation is 2. The molecule has 2 aromatic rings. The van der Waals surface area contributed by atoms with E-state index in [1.54, 1.807) is 16.2 Å². The predicted octanol–water partition coefficient (Wildman–Crippen LogP) is 3.06. The lowest BCUT2D eigenvalue weighted by Crippen LogP contribution is -2.50. The number of piperazine rings is 1. The standard InChI is InChI=1S/C22H27N3O2S/c1-16-3-4-20(11-17(16)2)25-14-19(12-21(25)26)22(27)24-8-6-23(7-9-24)13-18-5-10-28-15-18/h3-5,10-11,15,19H,6-9,12-14H2,1-2H3.